The zero-order valence-electron chi connectivity index (χ0n) is 11.7. The summed E-state index contributed by atoms with van der Waals surface area (Å²) in [6.07, 6.45) is 1.59. The fourth-order valence-corrected chi connectivity index (χ4v) is 2.82. The van der Waals surface area contributed by atoms with Crippen LogP contribution < -0.4 is 5.32 Å². The molecule has 5 heteroatoms. The monoisotopic (exact) mass is 274 g/mol. The molecule has 0 aliphatic rings. The first kappa shape index (κ1) is 13.8. The molecule has 2 rings (SSSR count). The lowest BCUT2D eigenvalue weighted by Gasteiger charge is -2.09. The van der Waals surface area contributed by atoms with Gasteiger partial charge in [0.25, 0.3) is 0 Å². The molecular weight excluding hydrogens is 256 g/mol. The van der Waals surface area contributed by atoms with Crippen LogP contribution in [0.25, 0.3) is 0 Å². The third-order valence-corrected chi connectivity index (χ3v) is 3.68. The Kier molecular flexibility index (Phi) is 4.37. The summed E-state index contributed by atoms with van der Waals surface area (Å²) in [6.45, 7) is 9.02. The number of aromatic nitrogens is 3. The molecule has 0 atom stereocenters. The molecule has 0 aliphatic heterocycles. The molecular formula is C14H18N4S. The van der Waals surface area contributed by atoms with Crippen LogP contribution in [-0.2, 0) is 0 Å². The second kappa shape index (κ2) is 6.02. The lowest BCUT2D eigenvalue weighted by molar-refractivity contribution is 0.979. The highest BCUT2D eigenvalue weighted by molar-refractivity contribution is 7.99. The van der Waals surface area contributed by atoms with Crippen molar-refractivity contribution in [2.75, 3.05) is 11.9 Å². The minimum Gasteiger partial charge on any atom is -0.370 e. The van der Waals surface area contributed by atoms with Crippen molar-refractivity contribution in [2.45, 2.75) is 37.7 Å². The highest BCUT2D eigenvalue weighted by Crippen LogP contribution is 2.29. The highest BCUT2D eigenvalue weighted by Gasteiger charge is 2.09. The van der Waals surface area contributed by atoms with E-state index in [2.05, 4.69) is 46.2 Å². The van der Waals surface area contributed by atoms with E-state index < -0.39 is 0 Å². The molecule has 0 saturated heterocycles. The van der Waals surface area contributed by atoms with Crippen molar-refractivity contribution in [3.05, 3.63) is 35.3 Å². The Morgan fingerprint density at radius 1 is 1.16 bits per heavy atom. The minimum absolute atomic E-state index is 0.851. The Hall–Kier alpha value is -1.62. The number of hydrogen-bond acceptors (Lipinski definition) is 5. The van der Waals surface area contributed by atoms with E-state index in [1.54, 1.807) is 18.1 Å². The molecule has 0 bridgehead atoms. The second-order valence-electron chi connectivity index (χ2n) is 4.41. The molecule has 0 saturated carbocycles. The van der Waals surface area contributed by atoms with Crippen LogP contribution >= 0.6 is 11.8 Å². The van der Waals surface area contributed by atoms with Crippen LogP contribution in [0.1, 0.15) is 23.7 Å². The Morgan fingerprint density at radius 2 is 1.95 bits per heavy atom. The SMILES string of the molecule is CCNc1ncnc(Sc2cc(C)cc(C)n2)c1C. The first-order chi connectivity index (χ1) is 9.10. The molecule has 0 radical (unpaired) electrons. The van der Waals surface area contributed by atoms with Crippen molar-refractivity contribution in [3.63, 3.8) is 0 Å². The summed E-state index contributed by atoms with van der Waals surface area (Å²) in [5, 5.41) is 5.16. The summed E-state index contributed by atoms with van der Waals surface area (Å²) < 4.78 is 0. The molecule has 0 unspecified atom stereocenters. The van der Waals surface area contributed by atoms with Crippen molar-refractivity contribution in [1.29, 1.82) is 0 Å². The average molecular weight is 274 g/mol. The van der Waals surface area contributed by atoms with Crippen molar-refractivity contribution >= 4 is 17.6 Å². The first-order valence-electron chi connectivity index (χ1n) is 6.28. The van der Waals surface area contributed by atoms with E-state index in [1.165, 1.54) is 5.56 Å². The molecule has 0 fully saturated rings. The van der Waals surface area contributed by atoms with Gasteiger partial charge in [-0.3, -0.25) is 0 Å². The van der Waals surface area contributed by atoms with Crippen LogP contribution in [0.4, 0.5) is 5.82 Å². The molecule has 4 nitrogen and oxygen atoms in total. The fourth-order valence-electron chi connectivity index (χ4n) is 1.84. The van der Waals surface area contributed by atoms with Gasteiger partial charge < -0.3 is 5.32 Å². The van der Waals surface area contributed by atoms with Crippen LogP contribution in [0.2, 0.25) is 0 Å². The van der Waals surface area contributed by atoms with Gasteiger partial charge in [-0.15, -0.1) is 0 Å². The molecule has 100 valence electrons. The Bertz CT molecular complexity index is 563. The van der Waals surface area contributed by atoms with Crippen LogP contribution in [-0.4, -0.2) is 21.5 Å². The first-order valence-corrected chi connectivity index (χ1v) is 7.10. The number of nitrogens with one attached hydrogen (secondary N) is 1. The van der Waals surface area contributed by atoms with Gasteiger partial charge in [-0.1, -0.05) is 0 Å². The minimum atomic E-state index is 0.851. The number of anilines is 1. The maximum Gasteiger partial charge on any atom is 0.133 e. The smallest absolute Gasteiger partial charge is 0.133 e. The zero-order chi connectivity index (χ0) is 13.8. The number of nitrogens with zero attached hydrogens (tertiary/aromatic N) is 3. The number of pyridine rings is 1. The van der Waals surface area contributed by atoms with Crippen molar-refractivity contribution in [1.82, 2.24) is 15.0 Å². The lowest BCUT2D eigenvalue weighted by atomic mass is 10.3. The molecule has 0 amide bonds. The highest BCUT2D eigenvalue weighted by atomic mass is 32.2. The summed E-state index contributed by atoms with van der Waals surface area (Å²) in [5.74, 6) is 0.893. The predicted octanol–water partition coefficient (Wildman–Crippen LogP) is 3.38. The quantitative estimate of drug-likeness (QED) is 0.866. The van der Waals surface area contributed by atoms with E-state index in [4.69, 9.17) is 0 Å². The third kappa shape index (κ3) is 3.44. The van der Waals surface area contributed by atoms with Gasteiger partial charge in [0.2, 0.25) is 0 Å². The van der Waals surface area contributed by atoms with Gasteiger partial charge in [0.1, 0.15) is 22.2 Å². The number of hydrogen-bond donors (Lipinski definition) is 1. The molecule has 1 N–H and O–H groups in total. The predicted molar refractivity (Wildman–Crippen MR) is 78.8 cm³/mol. The number of aryl methyl sites for hydroxylation is 2. The van der Waals surface area contributed by atoms with E-state index >= 15 is 0 Å². The van der Waals surface area contributed by atoms with Crippen molar-refractivity contribution in [3.8, 4) is 0 Å². The summed E-state index contributed by atoms with van der Waals surface area (Å²) in [7, 11) is 0. The maximum atomic E-state index is 4.53. The van der Waals surface area contributed by atoms with E-state index in [9.17, 15) is 0 Å². The van der Waals surface area contributed by atoms with E-state index in [0.29, 0.717) is 0 Å². The third-order valence-electron chi connectivity index (χ3n) is 2.66. The molecule has 0 spiro atoms. The summed E-state index contributed by atoms with van der Waals surface area (Å²) >= 11 is 1.58. The van der Waals surface area contributed by atoms with E-state index in [1.807, 2.05) is 13.8 Å². The lowest BCUT2D eigenvalue weighted by Crippen LogP contribution is -2.03. The summed E-state index contributed by atoms with van der Waals surface area (Å²) in [4.78, 5) is 13.1. The van der Waals surface area contributed by atoms with Crippen LogP contribution in [0.15, 0.2) is 28.5 Å². The molecule has 0 aliphatic carbocycles. The molecule has 2 heterocycles. The number of rotatable bonds is 4. The Balaban J connectivity index is 2.30. The molecule has 2 aromatic rings. The van der Waals surface area contributed by atoms with Gasteiger partial charge in [0.15, 0.2) is 0 Å². The summed E-state index contributed by atoms with van der Waals surface area (Å²) in [5.41, 5.74) is 3.31. The van der Waals surface area contributed by atoms with Gasteiger partial charge >= 0.3 is 0 Å². The van der Waals surface area contributed by atoms with Crippen molar-refractivity contribution in [2.24, 2.45) is 0 Å². The molecule has 19 heavy (non-hydrogen) atoms. The Morgan fingerprint density at radius 3 is 2.63 bits per heavy atom. The standard InChI is InChI=1S/C14H18N4S/c1-5-15-13-11(4)14(17-8-16-13)19-12-7-9(2)6-10(3)18-12/h6-8H,5H2,1-4H3,(H,15,16,17). The van der Waals surface area contributed by atoms with Crippen LogP contribution in [0, 0.1) is 20.8 Å². The molecule has 0 aromatic carbocycles. The topological polar surface area (TPSA) is 50.7 Å². The normalized spacial score (nSPS) is 10.5. The molecule has 2 aromatic heterocycles. The van der Waals surface area contributed by atoms with Gasteiger partial charge in [0.05, 0.1) is 0 Å². The zero-order valence-corrected chi connectivity index (χ0v) is 12.5. The summed E-state index contributed by atoms with van der Waals surface area (Å²) in [6, 6.07) is 4.15. The second-order valence-corrected chi connectivity index (χ2v) is 5.42. The van der Waals surface area contributed by atoms with Gasteiger partial charge in [-0.25, -0.2) is 15.0 Å². The fraction of sp³-hybridized carbons (Fsp3) is 0.357. The largest absolute Gasteiger partial charge is 0.370 e. The van der Waals surface area contributed by atoms with Gasteiger partial charge in [-0.2, -0.15) is 0 Å². The van der Waals surface area contributed by atoms with Crippen LogP contribution in [0.3, 0.4) is 0 Å². The Labute approximate surface area is 118 Å². The van der Waals surface area contributed by atoms with Gasteiger partial charge in [0, 0.05) is 17.8 Å². The van der Waals surface area contributed by atoms with Gasteiger partial charge in [-0.05, 0) is 57.2 Å². The average Bonchev–Trinajstić information content (AvgIpc) is 2.33. The van der Waals surface area contributed by atoms with Crippen LogP contribution in [0.5, 0.6) is 0 Å². The van der Waals surface area contributed by atoms with E-state index in [0.717, 1.165) is 33.7 Å². The maximum absolute atomic E-state index is 4.53. The van der Waals surface area contributed by atoms with Crippen molar-refractivity contribution < 1.29 is 0 Å². The van der Waals surface area contributed by atoms with E-state index in [-0.39, 0.29) is 0 Å².